The first-order chi connectivity index (χ1) is 10.9. The van der Waals surface area contributed by atoms with Crippen LogP contribution in [-0.2, 0) is 10.0 Å². The molecule has 8 heteroatoms. The Morgan fingerprint density at radius 2 is 1.91 bits per heavy atom. The first kappa shape index (κ1) is 16.7. The predicted octanol–water partition coefficient (Wildman–Crippen LogP) is 4.13. The Bertz CT molecular complexity index is 859. The van der Waals surface area contributed by atoms with E-state index in [1.807, 2.05) is 6.07 Å². The third-order valence-electron chi connectivity index (χ3n) is 3.51. The molecule has 0 spiro atoms. The molecule has 1 aliphatic heterocycles. The number of thioether (sulfide) groups is 1. The molecule has 1 heterocycles. The van der Waals surface area contributed by atoms with Crippen LogP contribution < -0.4 is 4.72 Å². The van der Waals surface area contributed by atoms with Gasteiger partial charge in [0.2, 0.25) is 10.0 Å². The van der Waals surface area contributed by atoms with Gasteiger partial charge in [0.05, 0.1) is 4.90 Å². The van der Waals surface area contributed by atoms with E-state index in [1.54, 1.807) is 23.9 Å². The van der Waals surface area contributed by atoms with Gasteiger partial charge in [-0.25, -0.2) is 21.9 Å². The Kier molecular flexibility index (Phi) is 4.64. The van der Waals surface area contributed by atoms with E-state index >= 15 is 0 Å². The van der Waals surface area contributed by atoms with Crippen LogP contribution in [0, 0.1) is 11.6 Å². The van der Waals surface area contributed by atoms with Crippen LogP contribution in [0.25, 0.3) is 0 Å². The van der Waals surface area contributed by atoms with Crippen molar-refractivity contribution < 1.29 is 17.2 Å². The lowest BCUT2D eigenvalue weighted by Gasteiger charge is -2.26. The van der Waals surface area contributed by atoms with E-state index in [2.05, 4.69) is 4.72 Å². The molecule has 0 saturated heterocycles. The van der Waals surface area contributed by atoms with Crippen molar-refractivity contribution in [3.63, 3.8) is 0 Å². The molecular formula is C15H12ClF2NO2S2. The van der Waals surface area contributed by atoms with E-state index in [-0.39, 0.29) is 4.90 Å². The highest BCUT2D eigenvalue weighted by Crippen LogP contribution is 2.38. The van der Waals surface area contributed by atoms with Crippen molar-refractivity contribution in [3.05, 3.63) is 58.6 Å². The van der Waals surface area contributed by atoms with Crippen molar-refractivity contribution in [3.8, 4) is 0 Å². The summed E-state index contributed by atoms with van der Waals surface area (Å²) in [5.41, 5.74) is 0.792. The molecule has 3 nitrogen and oxygen atoms in total. The third-order valence-corrected chi connectivity index (χ3v) is 6.34. The quantitative estimate of drug-likeness (QED) is 0.877. The molecule has 2 aromatic rings. The standard InChI is InChI=1S/C15H12ClF2NO2S2/c16-9-1-4-15-11(7-9)14(5-6-22-15)19-23(20,21)10-2-3-12(17)13(18)8-10/h1-4,7-8,14,19H,5-6H2. The summed E-state index contributed by atoms with van der Waals surface area (Å²) in [6.45, 7) is 0. The van der Waals surface area contributed by atoms with E-state index in [0.717, 1.165) is 28.3 Å². The van der Waals surface area contributed by atoms with Crippen LogP contribution in [0.2, 0.25) is 5.02 Å². The summed E-state index contributed by atoms with van der Waals surface area (Å²) in [6, 6.07) is 7.38. The molecule has 1 atom stereocenters. The first-order valence-corrected chi connectivity index (χ1v) is 9.61. The molecular weight excluding hydrogens is 364 g/mol. The second kappa shape index (κ2) is 6.39. The van der Waals surface area contributed by atoms with E-state index in [0.29, 0.717) is 17.5 Å². The van der Waals surface area contributed by atoms with Crippen molar-refractivity contribution >= 4 is 33.4 Å². The number of rotatable bonds is 3. The van der Waals surface area contributed by atoms with Gasteiger partial charge in [-0.15, -0.1) is 11.8 Å². The highest BCUT2D eigenvalue weighted by atomic mass is 35.5. The summed E-state index contributed by atoms with van der Waals surface area (Å²) in [5, 5.41) is 0.517. The lowest BCUT2D eigenvalue weighted by molar-refractivity contribution is 0.503. The van der Waals surface area contributed by atoms with Gasteiger partial charge in [0, 0.05) is 16.0 Å². The summed E-state index contributed by atoms with van der Waals surface area (Å²) in [5.74, 6) is -1.54. The monoisotopic (exact) mass is 375 g/mol. The molecule has 3 rings (SSSR count). The van der Waals surface area contributed by atoms with Gasteiger partial charge in [0.15, 0.2) is 11.6 Å². The van der Waals surface area contributed by atoms with E-state index in [9.17, 15) is 17.2 Å². The maximum atomic E-state index is 13.3. The van der Waals surface area contributed by atoms with Gasteiger partial charge in [-0.2, -0.15) is 0 Å². The zero-order valence-electron chi connectivity index (χ0n) is 11.7. The Morgan fingerprint density at radius 3 is 2.65 bits per heavy atom. The summed E-state index contributed by atoms with van der Waals surface area (Å²) in [6.07, 6.45) is 0.584. The number of hydrogen-bond donors (Lipinski definition) is 1. The number of nitrogens with one attached hydrogen (secondary N) is 1. The minimum Gasteiger partial charge on any atom is -0.207 e. The number of fused-ring (bicyclic) bond motifs is 1. The lowest BCUT2D eigenvalue weighted by Crippen LogP contribution is -2.30. The van der Waals surface area contributed by atoms with Crippen molar-refractivity contribution in [1.82, 2.24) is 4.72 Å². The van der Waals surface area contributed by atoms with Crippen molar-refractivity contribution in [2.45, 2.75) is 22.3 Å². The van der Waals surface area contributed by atoms with Gasteiger partial charge in [0.1, 0.15) is 0 Å². The number of halogens is 3. The van der Waals surface area contributed by atoms with E-state index in [4.69, 9.17) is 11.6 Å². The third kappa shape index (κ3) is 3.52. The zero-order valence-corrected chi connectivity index (χ0v) is 14.1. The number of benzene rings is 2. The zero-order chi connectivity index (χ0) is 16.6. The Hall–Kier alpha value is -1.15. The molecule has 0 aliphatic carbocycles. The minimum absolute atomic E-state index is 0.307. The molecule has 2 aromatic carbocycles. The van der Waals surface area contributed by atoms with Crippen LogP contribution in [0.1, 0.15) is 18.0 Å². The average Bonchev–Trinajstić information content (AvgIpc) is 2.50. The molecule has 23 heavy (non-hydrogen) atoms. The van der Waals surface area contributed by atoms with Crippen molar-refractivity contribution in [2.75, 3.05) is 5.75 Å². The molecule has 0 amide bonds. The molecule has 1 N–H and O–H groups in total. The van der Waals surface area contributed by atoms with Crippen LogP contribution in [-0.4, -0.2) is 14.2 Å². The van der Waals surface area contributed by atoms with Gasteiger partial charge in [-0.3, -0.25) is 0 Å². The van der Waals surface area contributed by atoms with Crippen LogP contribution in [0.5, 0.6) is 0 Å². The first-order valence-electron chi connectivity index (χ1n) is 6.76. The van der Waals surface area contributed by atoms with Gasteiger partial charge in [-0.1, -0.05) is 11.6 Å². The topological polar surface area (TPSA) is 46.2 Å². The maximum Gasteiger partial charge on any atom is 0.241 e. The van der Waals surface area contributed by atoms with Crippen LogP contribution in [0.3, 0.4) is 0 Å². The smallest absolute Gasteiger partial charge is 0.207 e. The fourth-order valence-electron chi connectivity index (χ4n) is 2.39. The van der Waals surface area contributed by atoms with Crippen molar-refractivity contribution in [1.29, 1.82) is 0 Å². The SMILES string of the molecule is O=S(=O)(NC1CCSc2ccc(Cl)cc21)c1ccc(F)c(F)c1. The van der Waals surface area contributed by atoms with Gasteiger partial charge >= 0.3 is 0 Å². The second-order valence-corrected chi connectivity index (χ2v) is 8.36. The largest absolute Gasteiger partial charge is 0.241 e. The highest BCUT2D eigenvalue weighted by molar-refractivity contribution is 7.99. The molecule has 0 radical (unpaired) electrons. The number of sulfonamides is 1. The fourth-order valence-corrected chi connectivity index (χ4v) is 4.93. The summed E-state index contributed by atoms with van der Waals surface area (Å²) >= 11 is 7.61. The molecule has 1 unspecified atom stereocenters. The van der Waals surface area contributed by atoms with E-state index < -0.39 is 27.7 Å². The van der Waals surface area contributed by atoms with Crippen LogP contribution in [0.15, 0.2) is 46.2 Å². The van der Waals surface area contributed by atoms with Crippen LogP contribution >= 0.6 is 23.4 Å². The molecule has 0 fully saturated rings. The maximum absolute atomic E-state index is 13.3. The Balaban J connectivity index is 1.93. The molecule has 1 aliphatic rings. The predicted molar refractivity (Wildman–Crippen MR) is 86.2 cm³/mol. The van der Waals surface area contributed by atoms with Gasteiger partial charge in [-0.05, 0) is 54.1 Å². The van der Waals surface area contributed by atoms with Gasteiger partial charge in [0.25, 0.3) is 0 Å². The Morgan fingerprint density at radius 1 is 1.13 bits per heavy atom. The van der Waals surface area contributed by atoms with E-state index in [1.165, 1.54) is 0 Å². The molecule has 122 valence electrons. The van der Waals surface area contributed by atoms with Crippen LogP contribution in [0.4, 0.5) is 8.78 Å². The fraction of sp³-hybridized carbons (Fsp3) is 0.200. The number of hydrogen-bond acceptors (Lipinski definition) is 3. The molecule has 0 bridgehead atoms. The van der Waals surface area contributed by atoms with Crippen molar-refractivity contribution in [2.24, 2.45) is 0 Å². The normalized spacial score (nSPS) is 17.8. The average molecular weight is 376 g/mol. The summed E-state index contributed by atoms with van der Waals surface area (Å²) in [7, 11) is -3.96. The molecule has 0 saturated carbocycles. The lowest BCUT2D eigenvalue weighted by atomic mass is 10.1. The highest BCUT2D eigenvalue weighted by Gasteiger charge is 2.27. The second-order valence-electron chi connectivity index (χ2n) is 5.07. The van der Waals surface area contributed by atoms with Gasteiger partial charge < -0.3 is 0 Å². The molecule has 0 aromatic heterocycles. The minimum atomic E-state index is -3.96. The Labute approximate surface area is 142 Å². The summed E-state index contributed by atoms with van der Waals surface area (Å²) < 4.78 is 53.7. The summed E-state index contributed by atoms with van der Waals surface area (Å²) in [4.78, 5) is 0.650.